The Labute approximate surface area is 213 Å². The van der Waals surface area contributed by atoms with E-state index >= 15 is 0 Å². The van der Waals surface area contributed by atoms with Crippen molar-refractivity contribution in [2.24, 2.45) is 5.41 Å². The number of para-hydroxylation sites is 1. The molecule has 0 atom stereocenters. The minimum absolute atomic E-state index is 0.0402. The number of hydrogen-bond donors (Lipinski definition) is 0. The SMILES string of the molecule is O=C(c1ccc(Cl)cc1)N1CCC2(CC1)CN(Cc1ccccc1Oc1cccc(C(F)(F)F)c1)C2. The van der Waals surface area contributed by atoms with Crippen molar-refractivity contribution in [3.8, 4) is 11.5 Å². The highest BCUT2D eigenvalue weighted by Crippen LogP contribution is 2.42. The van der Waals surface area contributed by atoms with Gasteiger partial charge >= 0.3 is 6.18 Å². The highest BCUT2D eigenvalue weighted by atomic mass is 35.5. The van der Waals surface area contributed by atoms with Crippen molar-refractivity contribution in [2.75, 3.05) is 26.2 Å². The van der Waals surface area contributed by atoms with Crippen LogP contribution >= 0.6 is 11.6 Å². The van der Waals surface area contributed by atoms with E-state index in [-0.39, 0.29) is 17.1 Å². The number of ether oxygens (including phenoxy) is 1. The number of alkyl halides is 3. The summed E-state index contributed by atoms with van der Waals surface area (Å²) >= 11 is 5.93. The number of likely N-dealkylation sites (tertiary alicyclic amines) is 2. The van der Waals surface area contributed by atoms with E-state index in [1.54, 1.807) is 30.3 Å². The quantitative estimate of drug-likeness (QED) is 0.372. The maximum atomic E-state index is 13.1. The standard InChI is InChI=1S/C28H26ClF3N2O2/c29-23-10-8-20(9-11-23)26(35)34-14-12-27(13-15-34)18-33(19-27)17-21-4-1-2-7-25(21)36-24-6-3-5-22(16-24)28(30,31)32/h1-11,16H,12-15,17-19H2. The van der Waals surface area contributed by atoms with Gasteiger partial charge in [0.1, 0.15) is 11.5 Å². The Hall–Kier alpha value is -3.03. The molecule has 2 heterocycles. The van der Waals surface area contributed by atoms with Gasteiger partial charge in [-0.25, -0.2) is 0 Å². The maximum absolute atomic E-state index is 13.1. The van der Waals surface area contributed by atoms with Gasteiger partial charge in [0.25, 0.3) is 5.91 Å². The van der Waals surface area contributed by atoms with Gasteiger partial charge in [-0.1, -0.05) is 35.9 Å². The first-order chi connectivity index (χ1) is 17.2. The van der Waals surface area contributed by atoms with Crippen LogP contribution in [0.15, 0.2) is 72.8 Å². The molecule has 2 aliphatic heterocycles. The molecule has 36 heavy (non-hydrogen) atoms. The fourth-order valence-electron chi connectivity index (χ4n) is 5.13. The summed E-state index contributed by atoms with van der Waals surface area (Å²) in [7, 11) is 0. The second kappa shape index (κ2) is 9.79. The zero-order valence-electron chi connectivity index (χ0n) is 19.6. The molecule has 0 aliphatic carbocycles. The first kappa shape index (κ1) is 24.7. The minimum atomic E-state index is -4.42. The third kappa shape index (κ3) is 5.37. The van der Waals surface area contributed by atoms with Crippen molar-refractivity contribution in [3.05, 3.63) is 94.5 Å². The monoisotopic (exact) mass is 514 g/mol. The molecule has 0 aromatic heterocycles. The lowest BCUT2D eigenvalue weighted by molar-refractivity contribution is -0.137. The zero-order valence-corrected chi connectivity index (χ0v) is 20.4. The summed E-state index contributed by atoms with van der Waals surface area (Å²) in [5, 5.41) is 0.612. The lowest BCUT2D eigenvalue weighted by Gasteiger charge is -2.54. The Morgan fingerprint density at radius 2 is 1.64 bits per heavy atom. The Morgan fingerprint density at radius 3 is 2.33 bits per heavy atom. The van der Waals surface area contributed by atoms with E-state index in [4.69, 9.17) is 16.3 Å². The fourth-order valence-corrected chi connectivity index (χ4v) is 5.25. The molecule has 3 aromatic rings. The van der Waals surface area contributed by atoms with E-state index in [1.807, 2.05) is 23.1 Å². The molecule has 1 amide bonds. The number of carbonyl (C=O) groups excluding carboxylic acids is 1. The summed E-state index contributed by atoms with van der Waals surface area (Å²) in [4.78, 5) is 17.0. The molecule has 0 radical (unpaired) electrons. The maximum Gasteiger partial charge on any atom is 0.416 e. The van der Waals surface area contributed by atoms with Crippen LogP contribution in [0.5, 0.6) is 11.5 Å². The van der Waals surface area contributed by atoms with Crippen LogP contribution in [0.25, 0.3) is 0 Å². The molecule has 2 saturated heterocycles. The van der Waals surface area contributed by atoms with Crippen molar-refractivity contribution < 1.29 is 22.7 Å². The Kier molecular flexibility index (Phi) is 6.70. The van der Waals surface area contributed by atoms with Crippen molar-refractivity contribution in [1.82, 2.24) is 9.80 Å². The average molecular weight is 515 g/mol. The van der Waals surface area contributed by atoms with Crippen LogP contribution in [-0.4, -0.2) is 41.9 Å². The van der Waals surface area contributed by atoms with E-state index in [9.17, 15) is 18.0 Å². The van der Waals surface area contributed by atoms with Crippen LogP contribution in [-0.2, 0) is 12.7 Å². The molecule has 4 nitrogen and oxygen atoms in total. The van der Waals surface area contributed by atoms with Gasteiger partial charge in [0, 0.05) is 48.9 Å². The number of benzene rings is 3. The molecule has 2 aliphatic rings. The van der Waals surface area contributed by atoms with Gasteiger partial charge in [-0.15, -0.1) is 0 Å². The number of amides is 1. The first-order valence-electron chi connectivity index (χ1n) is 11.9. The van der Waals surface area contributed by atoms with Crippen LogP contribution in [0, 0.1) is 5.41 Å². The highest BCUT2D eigenvalue weighted by molar-refractivity contribution is 6.30. The molecule has 3 aromatic carbocycles. The molecule has 8 heteroatoms. The van der Waals surface area contributed by atoms with E-state index in [0.717, 1.165) is 56.7 Å². The van der Waals surface area contributed by atoms with Gasteiger partial charge in [0.2, 0.25) is 0 Å². The third-order valence-electron chi connectivity index (χ3n) is 7.08. The Bertz CT molecular complexity index is 1230. The van der Waals surface area contributed by atoms with Gasteiger partial charge in [0.05, 0.1) is 5.56 Å². The van der Waals surface area contributed by atoms with Gasteiger partial charge in [-0.05, 0) is 66.8 Å². The predicted octanol–water partition coefficient (Wildman–Crippen LogP) is 6.89. The Balaban J connectivity index is 1.17. The van der Waals surface area contributed by atoms with Gasteiger partial charge in [-0.3, -0.25) is 9.69 Å². The molecule has 0 saturated carbocycles. The fraction of sp³-hybridized carbons (Fsp3) is 0.321. The van der Waals surface area contributed by atoms with E-state index in [1.165, 1.54) is 12.1 Å². The molecule has 0 bridgehead atoms. The van der Waals surface area contributed by atoms with Gasteiger partial charge in [0.15, 0.2) is 0 Å². The first-order valence-corrected chi connectivity index (χ1v) is 12.3. The summed E-state index contributed by atoms with van der Waals surface area (Å²) in [5.74, 6) is 0.759. The lowest BCUT2D eigenvalue weighted by atomic mass is 9.71. The second-order valence-electron chi connectivity index (χ2n) is 9.68. The van der Waals surface area contributed by atoms with Crippen molar-refractivity contribution >= 4 is 17.5 Å². The number of nitrogens with zero attached hydrogens (tertiary/aromatic N) is 2. The van der Waals surface area contributed by atoms with Crippen LogP contribution in [0.4, 0.5) is 13.2 Å². The summed E-state index contributed by atoms with van der Waals surface area (Å²) in [6.45, 7) is 3.96. The van der Waals surface area contributed by atoms with Crippen LogP contribution < -0.4 is 4.74 Å². The lowest BCUT2D eigenvalue weighted by Crippen LogP contribution is -2.60. The van der Waals surface area contributed by atoms with Crippen molar-refractivity contribution in [3.63, 3.8) is 0 Å². The van der Waals surface area contributed by atoms with Crippen LogP contribution in [0.3, 0.4) is 0 Å². The number of piperidine rings is 1. The highest BCUT2D eigenvalue weighted by Gasteiger charge is 2.45. The van der Waals surface area contributed by atoms with E-state index in [2.05, 4.69) is 4.90 Å². The van der Waals surface area contributed by atoms with Crippen LogP contribution in [0.2, 0.25) is 5.02 Å². The predicted molar refractivity (Wildman–Crippen MR) is 132 cm³/mol. The number of carbonyl (C=O) groups is 1. The summed E-state index contributed by atoms with van der Waals surface area (Å²) in [5.41, 5.74) is 1.05. The second-order valence-corrected chi connectivity index (χ2v) is 10.1. The summed E-state index contributed by atoms with van der Waals surface area (Å²) < 4.78 is 45.1. The average Bonchev–Trinajstić information content (AvgIpc) is 2.84. The van der Waals surface area contributed by atoms with Crippen LogP contribution in [0.1, 0.15) is 34.3 Å². The molecule has 1 spiro atoms. The Morgan fingerprint density at radius 1 is 0.944 bits per heavy atom. The summed E-state index contributed by atoms with van der Waals surface area (Å²) in [6.07, 6.45) is -2.52. The molecule has 188 valence electrons. The van der Waals surface area contributed by atoms with E-state index < -0.39 is 11.7 Å². The molecule has 0 unspecified atom stereocenters. The normalized spacial score (nSPS) is 17.6. The van der Waals surface area contributed by atoms with Gasteiger partial charge < -0.3 is 9.64 Å². The smallest absolute Gasteiger partial charge is 0.416 e. The van der Waals surface area contributed by atoms with E-state index in [0.29, 0.717) is 22.9 Å². The molecule has 0 N–H and O–H groups in total. The van der Waals surface area contributed by atoms with Crippen molar-refractivity contribution in [1.29, 1.82) is 0 Å². The third-order valence-corrected chi connectivity index (χ3v) is 7.33. The van der Waals surface area contributed by atoms with Gasteiger partial charge in [-0.2, -0.15) is 13.2 Å². The number of rotatable bonds is 5. The molecule has 5 rings (SSSR count). The largest absolute Gasteiger partial charge is 0.457 e. The minimum Gasteiger partial charge on any atom is -0.457 e. The van der Waals surface area contributed by atoms with Crippen molar-refractivity contribution in [2.45, 2.75) is 25.6 Å². The molecular formula is C28H26ClF3N2O2. The topological polar surface area (TPSA) is 32.8 Å². The summed E-state index contributed by atoms with van der Waals surface area (Å²) in [6, 6.07) is 19.4. The number of halogens is 4. The number of hydrogen-bond acceptors (Lipinski definition) is 3. The zero-order chi connectivity index (χ0) is 25.3. The molecule has 2 fully saturated rings. The molecular weight excluding hydrogens is 489 g/mol.